The monoisotopic (exact) mass is 379 g/mol. The molecule has 0 aromatic heterocycles. The first-order valence-corrected chi connectivity index (χ1v) is 8.82. The van der Waals surface area contributed by atoms with Gasteiger partial charge in [0.15, 0.2) is 0 Å². The molecule has 7 heteroatoms. The minimum Gasteiger partial charge on any atom is -0.395 e. The lowest BCUT2D eigenvalue weighted by Gasteiger charge is -2.14. The molecule has 0 fully saturated rings. The fraction of sp³-hybridized carbons (Fsp3) is 0.190. The Bertz CT molecular complexity index is 961. The van der Waals surface area contributed by atoms with E-state index in [9.17, 15) is 14.4 Å². The van der Waals surface area contributed by atoms with Crippen LogP contribution in [-0.2, 0) is 9.59 Å². The van der Waals surface area contributed by atoms with Gasteiger partial charge in [0.25, 0.3) is 17.7 Å². The summed E-state index contributed by atoms with van der Waals surface area (Å²) in [6, 6.07) is 12.4. The van der Waals surface area contributed by atoms with Crippen LogP contribution in [0.5, 0.6) is 0 Å². The summed E-state index contributed by atoms with van der Waals surface area (Å²) in [6.45, 7) is 3.56. The minimum atomic E-state index is -0.510. The summed E-state index contributed by atoms with van der Waals surface area (Å²) in [7, 11) is 0. The topological polar surface area (TPSA) is 98.7 Å². The number of carbonyl (C=O) groups is 3. The number of imide groups is 1. The molecule has 7 nitrogen and oxygen atoms in total. The number of nitrogens with zero attached hydrogens (tertiary/aromatic N) is 1. The van der Waals surface area contributed by atoms with E-state index in [-0.39, 0.29) is 24.8 Å². The van der Waals surface area contributed by atoms with Crippen molar-refractivity contribution in [3.8, 4) is 0 Å². The van der Waals surface area contributed by atoms with Crippen LogP contribution < -0.4 is 10.6 Å². The van der Waals surface area contributed by atoms with Crippen molar-refractivity contribution < 1.29 is 19.5 Å². The highest BCUT2D eigenvalue weighted by molar-refractivity contribution is 6.17. The van der Waals surface area contributed by atoms with Crippen molar-refractivity contribution in [2.24, 2.45) is 0 Å². The molecule has 3 amide bonds. The third kappa shape index (κ3) is 4.27. The standard InChI is InChI=1S/C21H21N3O4/c1-13-8-14(2)10-17(9-13)23-20(27)15-4-3-5-16(11-15)22-18-12-19(26)24(6-7-25)21(18)28/h3-5,8-12,22,25H,6-7H2,1-2H3,(H,23,27). The summed E-state index contributed by atoms with van der Waals surface area (Å²) in [5.41, 5.74) is 3.83. The highest BCUT2D eigenvalue weighted by Crippen LogP contribution is 2.20. The van der Waals surface area contributed by atoms with Crippen molar-refractivity contribution >= 4 is 29.1 Å². The molecule has 2 aromatic carbocycles. The van der Waals surface area contributed by atoms with Gasteiger partial charge in [0.05, 0.1) is 13.2 Å². The van der Waals surface area contributed by atoms with Crippen LogP contribution >= 0.6 is 0 Å². The molecule has 0 aliphatic carbocycles. The van der Waals surface area contributed by atoms with Gasteiger partial charge in [0, 0.05) is 23.0 Å². The van der Waals surface area contributed by atoms with Crippen LogP contribution in [0.25, 0.3) is 0 Å². The fourth-order valence-electron chi connectivity index (χ4n) is 3.05. The molecular formula is C21H21N3O4. The number of nitrogens with one attached hydrogen (secondary N) is 2. The van der Waals surface area contributed by atoms with E-state index in [4.69, 9.17) is 5.11 Å². The van der Waals surface area contributed by atoms with Gasteiger partial charge >= 0.3 is 0 Å². The Balaban J connectivity index is 1.74. The van der Waals surface area contributed by atoms with Crippen molar-refractivity contribution in [1.29, 1.82) is 0 Å². The zero-order valence-electron chi connectivity index (χ0n) is 15.7. The second-order valence-electron chi connectivity index (χ2n) is 6.61. The Morgan fingerprint density at radius 2 is 1.75 bits per heavy atom. The van der Waals surface area contributed by atoms with Crippen LogP contribution in [-0.4, -0.2) is 40.9 Å². The zero-order valence-corrected chi connectivity index (χ0v) is 15.7. The quantitative estimate of drug-likeness (QED) is 0.669. The van der Waals surface area contributed by atoms with Crippen molar-refractivity contribution in [3.63, 3.8) is 0 Å². The lowest BCUT2D eigenvalue weighted by molar-refractivity contribution is -0.137. The van der Waals surface area contributed by atoms with Crippen LogP contribution in [0.1, 0.15) is 21.5 Å². The van der Waals surface area contributed by atoms with Crippen LogP contribution in [0.15, 0.2) is 54.2 Å². The molecule has 0 saturated carbocycles. The first-order valence-electron chi connectivity index (χ1n) is 8.82. The van der Waals surface area contributed by atoms with E-state index in [0.717, 1.165) is 16.0 Å². The molecule has 1 aliphatic heterocycles. The summed E-state index contributed by atoms with van der Waals surface area (Å²) in [4.78, 5) is 37.6. The molecule has 0 atom stereocenters. The number of hydrogen-bond acceptors (Lipinski definition) is 5. The van der Waals surface area contributed by atoms with Crippen molar-refractivity contribution in [2.45, 2.75) is 13.8 Å². The Hall–Kier alpha value is -3.45. The number of aryl methyl sites for hydroxylation is 2. The molecule has 3 rings (SSSR count). The Morgan fingerprint density at radius 1 is 1.04 bits per heavy atom. The number of hydrogen-bond donors (Lipinski definition) is 3. The second kappa shape index (κ2) is 8.06. The van der Waals surface area contributed by atoms with Crippen LogP contribution in [0.4, 0.5) is 11.4 Å². The molecule has 0 radical (unpaired) electrons. The molecule has 1 aliphatic rings. The number of anilines is 2. The molecule has 3 N–H and O–H groups in total. The largest absolute Gasteiger partial charge is 0.395 e. The molecule has 0 spiro atoms. The zero-order chi connectivity index (χ0) is 20.3. The van der Waals surface area contributed by atoms with Gasteiger partial charge in [-0.25, -0.2) is 0 Å². The minimum absolute atomic E-state index is 0.0578. The average Bonchev–Trinajstić information content (AvgIpc) is 2.89. The smallest absolute Gasteiger partial charge is 0.277 e. The summed E-state index contributed by atoms with van der Waals surface area (Å²) in [5, 5.41) is 14.7. The summed E-state index contributed by atoms with van der Waals surface area (Å²) in [5.74, 6) is -1.27. The van der Waals surface area contributed by atoms with Crippen LogP contribution in [0.2, 0.25) is 0 Å². The van der Waals surface area contributed by atoms with Crippen LogP contribution in [0.3, 0.4) is 0 Å². The number of rotatable bonds is 6. The van der Waals surface area contributed by atoms with Gasteiger partial charge in [-0.05, 0) is 55.3 Å². The molecule has 144 valence electrons. The molecule has 0 unspecified atom stereocenters. The molecule has 28 heavy (non-hydrogen) atoms. The Labute approximate surface area is 162 Å². The van der Waals surface area contributed by atoms with E-state index in [2.05, 4.69) is 10.6 Å². The maximum Gasteiger partial charge on any atom is 0.277 e. The van der Waals surface area contributed by atoms with E-state index in [1.165, 1.54) is 6.08 Å². The lowest BCUT2D eigenvalue weighted by Crippen LogP contribution is -2.34. The van der Waals surface area contributed by atoms with E-state index < -0.39 is 11.8 Å². The van der Waals surface area contributed by atoms with Gasteiger partial charge in [0.1, 0.15) is 5.70 Å². The predicted molar refractivity (Wildman–Crippen MR) is 106 cm³/mol. The van der Waals surface area contributed by atoms with E-state index in [1.54, 1.807) is 24.3 Å². The Kier molecular flexibility index (Phi) is 5.56. The third-order valence-corrected chi connectivity index (χ3v) is 4.22. The molecule has 2 aromatic rings. The van der Waals surface area contributed by atoms with E-state index in [1.807, 2.05) is 32.0 Å². The summed E-state index contributed by atoms with van der Waals surface area (Å²) in [6.07, 6.45) is 1.18. The predicted octanol–water partition coefficient (Wildman–Crippen LogP) is 2.21. The van der Waals surface area contributed by atoms with Gasteiger partial charge in [0.2, 0.25) is 0 Å². The fourth-order valence-corrected chi connectivity index (χ4v) is 3.05. The first kappa shape index (κ1) is 19.3. The van der Waals surface area contributed by atoms with Crippen molar-refractivity contribution in [3.05, 3.63) is 70.9 Å². The number of β-amino-alcohol motifs (C(OH)–C–C–N with tert-alkyl or cyclic N) is 1. The van der Waals surface area contributed by atoms with Gasteiger partial charge in [-0.15, -0.1) is 0 Å². The van der Waals surface area contributed by atoms with Gasteiger partial charge in [-0.2, -0.15) is 0 Å². The van der Waals surface area contributed by atoms with E-state index >= 15 is 0 Å². The molecule has 1 heterocycles. The number of aliphatic hydroxyl groups excluding tert-OH is 1. The average molecular weight is 379 g/mol. The Morgan fingerprint density at radius 3 is 2.43 bits per heavy atom. The highest BCUT2D eigenvalue weighted by atomic mass is 16.3. The van der Waals surface area contributed by atoms with Crippen LogP contribution in [0, 0.1) is 13.8 Å². The number of aliphatic hydroxyl groups is 1. The number of benzene rings is 2. The first-order chi connectivity index (χ1) is 13.4. The SMILES string of the molecule is Cc1cc(C)cc(NC(=O)c2cccc(NC3=CC(=O)N(CCO)C3=O)c2)c1. The normalized spacial score (nSPS) is 13.5. The molecule has 0 saturated heterocycles. The maximum atomic E-state index is 12.6. The van der Waals surface area contributed by atoms with Crippen molar-refractivity contribution in [1.82, 2.24) is 4.90 Å². The maximum absolute atomic E-state index is 12.6. The summed E-state index contributed by atoms with van der Waals surface area (Å²) >= 11 is 0. The number of amides is 3. The molecule has 0 bridgehead atoms. The lowest BCUT2D eigenvalue weighted by atomic mass is 10.1. The highest BCUT2D eigenvalue weighted by Gasteiger charge is 2.30. The van der Waals surface area contributed by atoms with Gasteiger partial charge in [-0.1, -0.05) is 12.1 Å². The van der Waals surface area contributed by atoms with Crippen molar-refractivity contribution in [2.75, 3.05) is 23.8 Å². The van der Waals surface area contributed by atoms with Gasteiger partial charge < -0.3 is 15.7 Å². The van der Waals surface area contributed by atoms with E-state index in [0.29, 0.717) is 16.9 Å². The molecular weight excluding hydrogens is 358 g/mol. The van der Waals surface area contributed by atoms with Gasteiger partial charge in [-0.3, -0.25) is 19.3 Å². The second-order valence-corrected chi connectivity index (χ2v) is 6.61. The third-order valence-electron chi connectivity index (χ3n) is 4.22. The number of carbonyl (C=O) groups excluding carboxylic acids is 3. The summed E-state index contributed by atoms with van der Waals surface area (Å²) < 4.78 is 0.